The zero-order valence-corrected chi connectivity index (χ0v) is 20.6. The molecule has 166 valence electrons. The SMILES string of the molecule is CN=C(NCc1ccc(CN2CCCCC2)cc1)NC1C2CCOC2C12CCC2.I. The van der Waals surface area contributed by atoms with E-state index < -0.39 is 0 Å². The van der Waals surface area contributed by atoms with E-state index in [1.807, 2.05) is 7.05 Å². The van der Waals surface area contributed by atoms with Gasteiger partial charge in [0.15, 0.2) is 5.96 Å². The third-order valence-electron chi connectivity index (χ3n) is 7.89. The Balaban J connectivity index is 0.00000218. The summed E-state index contributed by atoms with van der Waals surface area (Å²) < 4.78 is 6.05. The molecule has 3 atom stereocenters. The number of nitrogens with one attached hydrogen (secondary N) is 2. The second-order valence-electron chi connectivity index (χ2n) is 9.53. The van der Waals surface area contributed by atoms with E-state index in [9.17, 15) is 0 Å². The lowest BCUT2D eigenvalue weighted by Gasteiger charge is -2.63. The Morgan fingerprint density at radius 2 is 1.83 bits per heavy atom. The van der Waals surface area contributed by atoms with Gasteiger partial charge >= 0.3 is 0 Å². The minimum atomic E-state index is 0. The summed E-state index contributed by atoms with van der Waals surface area (Å²) >= 11 is 0. The van der Waals surface area contributed by atoms with Gasteiger partial charge < -0.3 is 15.4 Å². The maximum Gasteiger partial charge on any atom is 0.191 e. The molecular formula is C24H37IN4O. The Morgan fingerprint density at radius 1 is 1.10 bits per heavy atom. The Hall–Kier alpha value is -0.860. The molecular weight excluding hydrogens is 487 g/mol. The predicted molar refractivity (Wildman–Crippen MR) is 132 cm³/mol. The van der Waals surface area contributed by atoms with Gasteiger partial charge in [-0.1, -0.05) is 37.1 Å². The molecule has 4 aliphatic rings. The lowest BCUT2D eigenvalue weighted by Crippen LogP contribution is -2.72. The highest BCUT2D eigenvalue weighted by Crippen LogP contribution is 2.62. The van der Waals surface area contributed by atoms with Crippen LogP contribution in [0, 0.1) is 11.3 Å². The number of ether oxygens (including phenoxy) is 1. The third-order valence-corrected chi connectivity index (χ3v) is 7.89. The standard InChI is InChI=1S/C24H36N4O.HI/c1-25-23(27-21-20-10-15-29-22(20)24(21)11-5-12-24)26-16-18-6-8-19(9-7-18)17-28-13-3-2-4-14-28;/h6-9,20-22H,2-5,10-17H2,1H3,(H2,25,26,27);1H. The van der Waals surface area contributed by atoms with Crippen molar-refractivity contribution in [1.29, 1.82) is 0 Å². The number of aliphatic imine (C=N–C) groups is 1. The molecule has 2 heterocycles. The van der Waals surface area contributed by atoms with Gasteiger partial charge in [0, 0.05) is 44.1 Å². The lowest BCUT2D eigenvalue weighted by atomic mass is 9.46. The highest BCUT2D eigenvalue weighted by atomic mass is 127. The van der Waals surface area contributed by atoms with Crippen molar-refractivity contribution in [2.24, 2.45) is 16.3 Å². The molecule has 0 bridgehead atoms. The van der Waals surface area contributed by atoms with Crippen LogP contribution in [0.3, 0.4) is 0 Å². The van der Waals surface area contributed by atoms with Crippen molar-refractivity contribution in [1.82, 2.24) is 15.5 Å². The Bertz CT molecular complexity index is 727. The highest BCUT2D eigenvalue weighted by molar-refractivity contribution is 14.0. The highest BCUT2D eigenvalue weighted by Gasteiger charge is 2.66. The number of rotatable bonds is 5. The minimum Gasteiger partial charge on any atom is -0.377 e. The van der Waals surface area contributed by atoms with Crippen molar-refractivity contribution in [3.63, 3.8) is 0 Å². The summed E-state index contributed by atoms with van der Waals surface area (Å²) in [6.45, 7) is 5.34. The second kappa shape index (κ2) is 9.74. The molecule has 6 heteroatoms. The molecule has 2 aliphatic heterocycles. The Kier molecular flexibility index (Phi) is 7.25. The third kappa shape index (κ3) is 4.24. The molecule has 1 aromatic carbocycles. The lowest BCUT2D eigenvalue weighted by molar-refractivity contribution is -0.171. The average molecular weight is 524 g/mol. The normalized spacial score (nSPS) is 30.0. The first-order valence-electron chi connectivity index (χ1n) is 11.7. The van der Waals surface area contributed by atoms with Crippen molar-refractivity contribution in [2.45, 2.75) is 70.2 Å². The number of guanidine groups is 1. The van der Waals surface area contributed by atoms with Gasteiger partial charge in [0.2, 0.25) is 0 Å². The van der Waals surface area contributed by atoms with Crippen molar-refractivity contribution in [3.05, 3.63) is 35.4 Å². The Morgan fingerprint density at radius 3 is 2.50 bits per heavy atom. The van der Waals surface area contributed by atoms with Gasteiger partial charge in [-0.3, -0.25) is 9.89 Å². The number of fused-ring (bicyclic) bond motifs is 2. The van der Waals surface area contributed by atoms with Crippen LogP contribution in [0.5, 0.6) is 0 Å². The molecule has 2 N–H and O–H groups in total. The maximum absolute atomic E-state index is 6.05. The van der Waals surface area contributed by atoms with Crippen molar-refractivity contribution < 1.29 is 4.74 Å². The van der Waals surface area contributed by atoms with Crippen molar-refractivity contribution in [2.75, 3.05) is 26.7 Å². The molecule has 0 aromatic heterocycles. The van der Waals surface area contributed by atoms with Gasteiger partial charge in [-0.25, -0.2) is 0 Å². The number of likely N-dealkylation sites (tertiary alicyclic amines) is 1. The zero-order chi connectivity index (χ0) is 19.7. The van der Waals surface area contributed by atoms with E-state index in [0.717, 1.165) is 25.7 Å². The predicted octanol–water partition coefficient (Wildman–Crippen LogP) is 3.91. The van der Waals surface area contributed by atoms with E-state index >= 15 is 0 Å². The first-order valence-corrected chi connectivity index (χ1v) is 11.7. The summed E-state index contributed by atoms with van der Waals surface area (Å²) in [5, 5.41) is 7.29. The topological polar surface area (TPSA) is 48.9 Å². The van der Waals surface area contributed by atoms with E-state index in [2.05, 4.69) is 44.8 Å². The molecule has 30 heavy (non-hydrogen) atoms. The summed E-state index contributed by atoms with van der Waals surface area (Å²) in [6, 6.07) is 9.63. The summed E-state index contributed by atoms with van der Waals surface area (Å²) in [6.07, 6.45) is 9.75. The molecule has 1 aromatic rings. The van der Waals surface area contributed by atoms with Gasteiger partial charge in [0.25, 0.3) is 0 Å². The first-order chi connectivity index (χ1) is 14.3. The number of nitrogens with zero attached hydrogens (tertiary/aromatic N) is 2. The Labute approximate surface area is 198 Å². The minimum absolute atomic E-state index is 0. The van der Waals surface area contributed by atoms with E-state index in [1.165, 1.54) is 69.2 Å². The summed E-state index contributed by atoms with van der Waals surface area (Å²) in [4.78, 5) is 7.09. The quantitative estimate of drug-likeness (QED) is 0.349. The molecule has 2 aliphatic carbocycles. The molecule has 4 fully saturated rings. The average Bonchev–Trinajstić information content (AvgIpc) is 3.14. The first kappa shape index (κ1) is 22.3. The molecule has 1 spiro atoms. The largest absolute Gasteiger partial charge is 0.377 e. The fourth-order valence-electron chi connectivity index (χ4n) is 6.12. The molecule has 0 radical (unpaired) electrons. The van der Waals surface area contributed by atoms with Crippen LogP contribution >= 0.6 is 24.0 Å². The van der Waals surface area contributed by atoms with E-state index in [1.54, 1.807) is 0 Å². The monoisotopic (exact) mass is 524 g/mol. The van der Waals surface area contributed by atoms with Gasteiger partial charge in [-0.2, -0.15) is 0 Å². The number of hydrogen-bond donors (Lipinski definition) is 2. The van der Waals surface area contributed by atoms with Crippen LogP contribution in [0.2, 0.25) is 0 Å². The zero-order valence-electron chi connectivity index (χ0n) is 18.2. The molecule has 0 amide bonds. The maximum atomic E-state index is 6.05. The molecule has 5 rings (SSSR count). The number of hydrogen-bond acceptors (Lipinski definition) is 3. The fourth-order valence-corrected chi connectivity index (χ4v) is 6.12. The van der Waals surface area contributed by atoms with Crippen LogP contribution < -0.4 is 10.6 Å². The molecule has 2 saturated carbocycles. The number of halogens is 1. The molecule has 3 unspecified atom stereocenters. The second-order valence-corrected chi connectivity index (χ2v) is 9.53. The van der Waals surface area contributed by atoms with Gasteiger partial charge in [0.1, 0.15) is 0 Å². The van der Waals surface area contributed by atoms with E-state index in [0.29, 0.717) is 23.5 Å². The van der Waals surface area contributed by atoms with Crippen LogP contribution in [-0.4, -0.2) is 49.7 Å². The smallest absolute Gasteiger partial charge is 0.191 e. The number of piperidine rings is 1. The van der Waals surface area contributed by atoms with Gasteiger partial charge in [0.05, 0.1) is 6.10 Å². The van der Waals surface area contributed by atoms with E-state index in [4.69, 9.17) is 4.74 Å². The van der Waals surface area contributed by atoms with Gasteiger partial charge in [-0.05, 0) is 56.3 Å². The van der Waals surface area contributed by atoms with Crippen LogP contribution in [0.15, 0.2) is 29.3 Å². The van der Waals surface area contributed by atoms with Gasteiger partial charge in [-0.15, -0.1) is 24.0 Å². The molecule has 2 saturated heterocycles. The van der Waals surface area contributed by atoms with Crippen molar-refractivity contribution >= 4 is 29.9 Å². The van der Waals surface area contributed by atoms with Crippen LogP contribution in [-0.2, 0) is 17.8 Å². The van der Waals surface area contributed by atoms with Crippen LogP contribution in [0.4, 0.5) is 0 Å². The van der Waals surface area contributed by atoms with Crippen LogP contribution in [0.25, 0.3) is 0 Å². The number of benzene rings is 1. The fraction of sp³-hybridized carbons (Fsp3) is 0.708. The van der Waals surface area contributed by atoms with Crippen molar-refractivity contribution in [3.8, 4) is 0 Å². The molecule has 5 nitrogen and oxygen atoms in total. The van der Waals surface area contributed by atoms with Crippen LogP contribution in [0.1, 0.15) is 56.1 Å². The summed E-state index contributed by atoms with van der Waals surface area (Å²) in [7, 11) is 1.88. The summed E-state index contributed by atoms with van der Waals surface area (Å²) in [5.41, 5.74) is 3.12. The van der Waals surface area contributed by atoms with E-state index in [-0.39, 0.29) is 24.0 Å². The summed E-state index contributed by atoms with van der Waals surface area (Å²) in [5.74, 6) is 1.60.